The molecule has 8 nitrogen and oxygen atoms in total. The quantitative estimate of drug-likeness (QED) is 0.714. The van der Waals surface area contributed by atoms with E-state index in [1.54, 1.807) is 12.3 Å². The Morgan fingerprint density at radius 1 is 1.12 bits per heavy atom. The maximum absolute atomic E-state index is 12.3. The maximum atomic E-state index is 12.3. The van der Waals surface area contributed by atoms with Crippen LogP contribution in [-0.4, -0.2) is 69.4 Å². The normalized spacial score (nSPS) is 20.0. The molecule has 2 N–H and O–H groups in total. The van der Waals surface area contributed by atoms with Crippen LogP contribution in [0.2, 0.25) is 0 Å². The number of ether oxygens (including phenoxy) is 1. The molecule has 2 aromatic rings. The molecule has 2 aliphatic heterocycles. The number of pyridine rings is 2. The van der Waals surface area contributed by atoms with Gasteiger partial charge in [-0.2, -0.15) is 13.2 Å². The third-order valence-corrected chi connectivity index (χ3v) is 5.56. The van der Waals surface area contributed by atoms with E-state index in [2.05, 4.69) is 26.3 Å². The second-order valence-electron chi connectivity index (χ2n) is 7.98. The van der Waals surface area contributed by atoms with Crippen LogP contribution in [0.4, 0.5) is 13.2 Å². The average Bonchev–Trinajstić information content (AvgIpc) is 3.18. The zero-order chi connectivity index (χ0) is 23.9. The molecule has 0 bridgehead atoms. The van der Waals surface area contributed by atoms with Gasteiger partial charge in [-0.3, -0.25) is 19.7 Å². The Bertz CT molecular complexity index is 920. The number of rotatable bonds is 4. The number of nitrogens with one attached hydrogen (secondary N) is 1. The molecule has 0 radical (unpaired) electrons. The van der Waals surface area contributed by atoms with E-state index in [0.29, 0.717) is 12.3 Å². The monoisotopic (exact) mass is 466 g/mol. The fourth-order valence-corrected chi connectivity index (χ4v) is 3.88. The van der Waals surface area contributed by atoms with Gasteiger partial charge in [-0.15, -0.1) is 0 Å². The van der Waals surface area contributed by atoms with E-state index in [1.807, 2.05) is 30.5 Å². The molecule has 0 saturated carbocycles. The van der Waals surface area contributed by atoms with E-state index < -0.39 is 12.1 Å². The molecule has 2 fully saturated rings. The van der Waals surface area contributed by atoms with Crippen LogP contribution in [0, 0.1) is 0 Å². The van der Waals surface area contributed by atoms with Gasteiger partial charge in [0.25, 0.3) is 5.91 Å². The third kappa shape index (κ3) is 7.22. The van der Waals surface area contributed by atoms with Crippen molar-refractivity contribution in [2.75, 3.05) is 19.7 Å². The van der Waals surface area contributed by atoms with Gasteiger partial charge in [0.1, 0.15) is 5.69 Å². The first-order chi connectivity index (χ1) is 15.7. The number of alkyl halides is 3. The number of carboxylic acid groups (broad SMARTS) is 1. The Morgan fingerprint density at radius 2 is 1.76 bits per heavy atom. The van der Waals surface area contributed by atoms with E-state index >= 15 is 0 Å². The Hall–Kier alpha value is -3.05. The van der Waals surface area contributed by atoms with Gasteiger partial charge in [-0.1, -0.05) is 12.1 Å². The summed E-state index contributed by atoms with van der Waals surface area (Å²) in [4.78, 5) is 32.1. The summed E-state index contributed by atoms with van der Waals surface area (Å²) in [5, 5.41) is 10.2. The van der Waals surface area contributed by atoms with Crippen molar-refractivity contribution in [1.82, 2.24) is 20.2 Å². The molecule has 4 heterocycles. The molecule has 11 heteroatoms. The van der Waals surface area contributed by atoms with Gasteiger partial charge in [0.2, 0.25) is 0 Å². The smallest absolute Gasteiger partial charge is 0.475 e. The van der Waals surface area contributed by atoms with Crippen molar-refractivity contribution in [1.29, 1.82) is 0 Å². The van der Waals surface area contributed by atoms with Crippen molar-refractivity contribution >= 4 is 11.9 Å². The van der Waals surface area contributed by atoms with Gasteiger partial charge in [0.05, 0.1) is 23.9 Å². The lowest BCUT2D eigenvalue weighted by Crippen LogP contribution is -2.44. The van der Waals surface area contributed by atoms with Crippen molar-refractivity contribution in [3.8, 4) is 0 Å². The number of carbonyl (C=O) groups excluding carboxylic acids is 1. The van der Waals surface area contributed by atoms with Gasteiger partial charge in [0.15, 0.2) is 0 Å². The zero-order valence-electron chi connectivity index (χ0n) is 17.8. The predicted molar refractivity (Wildman–Crippen MR) is 111 cm³/mol. The minimum Gasteiger partial charge on any atom is -0.475 e. The maximum Gasteiger partial charge on any atom is 0.490 e. The Morgan fingerprint density at radius 3 is 2.30 bits per heavy atom. The highest BCUT2D eigenvalue weighted by molar-refractivity contribution is 5.92. The molecule has 1 atom stereocenters. The summed E-state index contributed by atoms with van der Waals surface area (Å²) >= 11 is 0. The first kappa shape index (κ1) is 24.6. The number of piperidine rings is 1. The fourth-order valence-electron chi connectivity index (χ4n) is 3.88. The van der Waals surface area contributed by atoms with Crippen molar-refractivity contribution in [3.63, 3.8) is 0 Å². The molecule has 178 valence electrons. The van der Waals surface area contributed by atoms with Gasteiger partial charge >= 0.3 is 12.1 Å². The number of nitrogens with zero attached hydrogens (tertiary/aromatic N) is 3. The number of carbonyl (C=O) groups is 2. The Kier molecular flexibility index (Phi) is 7.98. The molecule has 2 aromatic heterocycles. The lowest BCUT2D eigenvalue weighted by atomic mass is 9.87. The lowest BCUT2D eigenvalue weighted by Gasteiger charge is -2.38. The van der Waals surface area contributed by atoms with Crippen LogP contribution in [0.25, 0.3) is 0 Å². The number of hydrogen-bond acceptors (Lipinski definition) is 6. The highest BCUT2D eigenvalue weighted by Crippen LogP contribution is 2.36. The van der Waals surface area contributed by atoms with Crippen molar-refractivity contribution in [3.05, 3.63) is 60.2 Å². The van der Waals surface area contributed by atoms with Crippen LogP contribution >= 0.6 is 0 Å². The van der Waals surface area contributed by atoms with Crippen molar-refractivity contribution in [2.45, 2.75) is 43.6 Å². The topological polar surface area (TPSA) is 105 Å². The largest absolute Gasteiger partial charge is 0.490 e. The molecule has 0 aromatic carbocycles. The lowest BCUT2D eigenvalue weighted by molar-refractivity contribution is -0.192. The Labute approximate surface area is 188 Å². The second kappa shape index (κ2) is 10.7. The van der Waals surface area contributed by atoms with E-state index in [9.17, 15) is 18.0 Å². The predicted octanol–water partition coefficient (Wildman–Crippen LogP) is 2.66. The molecule has 1 spiro atoms. The number of likely N-dealkylation sites (tertiary alicyclic amines) is 1. The molecule has 33 heavy (non-hydrogen) atoms. The number of hydrogen-bond donors (Lipinski definition) is 2. The molecule has 4 rings (SSSR count). The average molecular weight is 466 g/mol. The zero-order valence-corrected chi connectivity index (χ0v) is 17.8. The van der Waals surface area contributed by atoms with E-state index in [1.165, 1.54) is 0 Å². The molecular formula is C22H25F3N4O4. The van der Waals surface area contributed by atoms with Crippen LogP contribution in [0.5, 0.6) is 0 Å². The first-order valence-corrected chi connectivity index (χ1v) is 10.5. The number of aliphatic carboxylic acids is 1. The highest BCUT2D eigenvalue weighted by atomic mass is 19.4. The van der Waals surface area contributed by atoms with Gasteiger partial charge in [-0.05, 0) is 43.5 Å². The van der Waals surface area contributed by atoms with Crippen molar-refractivity contribution in [2.24, 2.45) is 0 Å². The summed E-state index contributed by atoms with van der Waals surface area (Å²) in [6.07, 6.45) is 1.27. The van der Waals surface area contributed by atoms with Gasteiger partial charge in [0, 0.05) is 32.0 Å². The first-order valence-electron chi connectivity index (χ1n) is 10.5. The van der Waals surface area contributed by atoms with E-state index in [4.69, 9.17) is 14.6 Å². The fraction of sp³-hybridized carbons (Fsp3) is 0.455. The molecular weight excluding hydrogens is 441 g/mol. The SMILES string of the molecule is O=C(NC1COC2(CCN(Cc3ccccn3)CC2)C1)c1ccccn1.O=C(O)C(F)(F)F. The second-order valence-corrected chi connectivity index (χ2v) is 7.98. The number of halogens is 3. The number of amides is 1. The standard InChI is InChI=1S/C20H24N4O2.C2HF3O2/c25-19(18-6-2-4-10-22-18)23-17-13-20(26-15-17)7-11-24(12-8-20)14-16-5-1-3-9-21-16;3-2(4,5)1(6)7/h1-6,9-10,17H,7-8,11-15H2,(H,23,25);(H,6,7). The highest BCUT2D eigenvalue weighted by Gasteiger charge is 2.43. The summed E-state index contributed by atoms with van der Waals surface area (Å²) in [6.45, 7) is 3.46. The van der Waals surface area contributed by atoms with Gasteiger partial charge < -0.3 is 15.2 Å². The number of carboxylic acids is 1. The van der Waals surface area contributed by atoms with Crippen LogP contribution in [0.3, 0.4) is 0 Å². The van der Waals surface area contributed by atoms with Crippen molar-refractivity contribution < 1.29 is 32.6 Å². The molecule has 2 aliphatic rings. The summed E-state index contributed by atoms with van der Waals surface area (Å²) in [7, 11) is 0. The minimum absolute atomic E-state index is 0.0619. The van der Waals surface area contributed by atoms with E-state index in [0.717, 1.165) is 44.6 Å². The summed E-state index contributed by atoms with van der Waals surface area (Å²) in [5.41, 5.74) is 1.47. The van der Waals surface area contributed by atoms with Gasteiger partial charge in [-0.25, -0.2) is 4.79 Å². The molecule has 2 saturated heterocycles. The van der Waals surface area contributed by atoms with Crippen LogP contribution < -0.4 is 5.32 Å². The Balaban J connectivity index is 0.000000383. The minimum atomic E-state index is -5.08. The van der Waals surface area contributed by atoms with E-state index in [-0.39, 0.29) is 17.6 Å². The van der Waals surface area contributed by atoms with Crippen LogP contribution in [-0.2, 0) is 16.1 Å². The van der Waals surface area contributed by atoms with Crippen LogP contribution in [0.1, 0.15) is 35.4 Å². The third-order valence-electron chi connectivity index (χ3n) is 5.56. The summed E-state index contributed by atoms with van der Waals surface area (Å²) in [5.74, 6) is -2.88. The molecule has 0 aliphatic carbocycles. The summed E-state index contributed by atoms with van der Waals surface area (Å²) < 4.78 is 37.9. The molecule has 1 unspecified atom stereocenters. The molecule has 1 amide bonds. The summed E-state index contributed by atoms with van der Waals surface area (Å²) in [6, 6.07) is 11.5. The van der Waals surface area contributed by atoms with Crippen LogP contribution in [0.15, 0.2) is 48.8 Å². The number of aromatic nitrogens is 2.